The van der Waals surface area contributed by atoms with Gasteiger partial charge in [-0.25, -0.2) is 0 Å². The average Bonchev–Trinajstić information content (AvgIpc) is 3.15. The topological polar surface area (TPSA) is 89.8 Å². The minimum Gasteiger partial charge on any atom is -0.344 e. The Morgan fingerprint density at radius 1 is 1.10 bits per heavy atom. The smallest absolute Gasteiger partial charge is 0.230 e. The zero-order valence-electron chi connectivity index (χ0n) is 17.0. The largest absolute Gasteiger partial charge is 0.344 e. The quantitative estimate of drug-likeness (QED) is 0.453. The predicted molar refractivity (Wildman–Crippen MR) is 119 cm³/mol. The van der Waals surface area contributed by atoms with Crippen molar-refractivity contribution in [3.63, 3.8) is 0 Å². The van der Waals surface area contributed by atoms with Gasteiger partial charge in [-0.3, -0.25) is 24.5 Å². The Bertz CT molecular complexity index is 1260. The first kappa shape index (κ1) is 20.7. The van der Waals surface area contributed by atoms with Crippen molar-refractivity contribution >= 4 is 39.9 Å². The van der Waals surface area contributed by atoms with Crippen molar-refractivity contribution in [3.8, 4) is 0 Å². The van der Waals surface area contributed by atoms with E-state index in [1.54, 1.807) is 30.6 Å². The van der Waals surface area contributed by atoms with Crippen molar-refractivity contribution in [2.24, 2.45) is 0 Å². The van der Waals surface area contributed by atoms with E-state index in [-0.39, 0.29) is 24.2 Å². The van der Waals surface area contributed by atoms with E-state index >= 15 is 0 Å². The van der Waals surface area contributed by atoms with Crippen LogP contribution < -0.4 is 5.32 Å². The van der Waals surface area contributed by atoms with Crippen molar-refractivity contribution in [2.45, 2.75) is 26.3 Å². The van der Waals surface area contributed by atoms with Crippen LogP contribution in [0, 0.1) is 0 Å². The maximum atomic E-state index is 13.2. The lowest BCUT2D eigenvalue weighted by molar-refractivity contribution is -0.115. The molecule has 1 N–H and O–H groups in total. The summed E-state index contributed by atoms with van der Waals surface area (Å²) in [5.74, 6) is -0.442. The standard InChI is InChI=1S/C23H20ClN5O2/c1-14(2)29-13-20(19-12-25-6-5-21(19)29)23(31)15-7-18(11-26-9-15)28-22(30)8-17-4-3-16(24)10-27-17/h3-7,9-14H,8H2,1-2H3,(H,28,30). The molecule has 0 aliphatic carbocycles. The first-order chi connectivity index (χ1) is 14.9. The van der Waals surface area contributed by atoms with E-state index in [9.17, 15) is 9.59 Å². The fraction of sp³-hybridized carbons (Fsp3) is 0.174. The summed E-state index contributed by atoms with van der Waals surface area (Å²) in [4.78, 5) is 38.0. The number of pyridine rings is 3. The molecule has 31 heavy (non-hydrogen) atoms. The van der Waals surface area contributed by atoms with Gasteiger partial charge < -0.3 is 9.88 Å². The SMILES string of the molecule is CC(C)n1cc(C(=O)c2cncc(NC(=O)Cc3ccc(Cl)cn3)c2)c2cnccc21. The van der Waals surface area contributed by atoms with Crippen LogP contribution in [-0.2, 0) is 11.2 Å². The van der Waals surface area contributed by atoms with E-state index in [0.717, 1.165) is 10.9 Å². The van der Waals surface area contributed by atoms with Crippen molar-refractivity contribution in [1.29, 1.82) is 0 Å². The van der Waals surface area contributed by atoms with E-state index in [4.69, 9.17) is 11.6 Å². The molecule has 0 unspecified atom stereocenters. The Hall–Kier alpha value is -3.58. The second kappa shape index (κ2) is 8.65. The number of carbonyl (C=O) groups is 2. The highest BCUT2D eigenvalue weighted by atomic mass is 35.5. The second-order valence-corrected chi connectivity index (χ2v) is 7.86. The first-order valence-corrected chi connectivity index (χ1v) is 10.1. The van der Waals surface area contributed by atoms with Gasteiger partial charge in [0.2, 0.25) is 5.91 Å². The number of amides is 1. The highest BCUT2D eigenvalue weighted by molar-refractivity contribution is 6.30. The molecular weight excluding hydrogens is 414 g/mol. The van der Waals surface area contributed by atoms with Gasteiger partial charge >= 0.3 is 0 Å². The number of hydrogen-bond donors (Lipinski definition) is 1. The molecule has 0 radical (unpaired) electrons. The maximum absolute atomic E-state index is 13.2. The zero-order valence-corrected chi connectivity index (χ0v) is 17.8. The zero-order chi connectivity index (χ0) is 22.0. The highest BCUT2D eigenvalue weighted by Crippen LogP contribution is 2.26. The van der Waals surface area contributed by atoms with Crippen molar-refractivity contribution in [2.75, 3.05) is 5.32 Å². The monoisotopic (exact) mass is 433 g/mol. The lowest BCUT2D eigenvalue weighted by atomic mass is 10.0. The molecule has 0 spiro atoms. The molecule has 7 nitrogen and oxygen atoms in total. The number of carbonyl (C=O) groups excluding carboxylic acids is 2. The van der Waals surface area contributed by atoms with Crippen LogP contribution in [-0.4, -0.2) is 31.2 Å². The first-order valence-electron chi connectivity index (χ1n) is 9.77. The van der Waals surface area contributed by atoms with Crippen molar-refractivity contribution in [1.82, 2.24) is 19.5 Å². The van der Waals surface area contributed by atoms with Crippen LogP contribution in [0.25, 0.3) is 10.9 Å². The van der Waals surface area contributed by atoms with Gasteiger partial charge in [0.05, 0.1) is 28.8 Å². The Balaban J connectivity index is 1.57. The number of hydrogen-bond acceptors (Lipinski definition) is 5. The number of rotatable bonds is 6. The number of nitrogens with zero attached hydrogens (tertiary/aromatic N) is 4. The molecule has 8 heteroatoms. The Kier molecular flexibility index (Phi) is 5.77. The fourth-order valence-corrected chi connectivity index (χ4v) is 3.49. The highest BCUT2D eigenvalue weighted by Gasteiger charge is 2.19. The van der Waals surface area contributed by atoms with Crippen LogP contribution in [0.5, 0.6) is 0 Å². The predicted octanol–water partition coefficient (Wildman–Crippen LogP) is 4.47. The molecule has 0 aromatic carbocycles. The molecule has 156 valence electrons. The molecule has 1 amide bonds. The molecular formula is C23H20ClN5O2. The molecule has 4 aromatic rings. The van der Waals surface area contributed by atoms with E-state index < -0.39 is 0 Å². The normalized spacial score (nSPS) is 11.1. The number of halogens is 1. The molecule has 0 saturated carbocycles. The molecule has 0 aliphatic rings. The Labute approximate surface area is 184 Å². The van der Waals surface area contributed by atoms with Crippen molar-refractivity contribution in [3.05, 3.63) is 83.3 Å². The van der Waals surface area contributed by atoms with Crippen LogP contribution >= 0.6 is 11.6 Å². The summed E-state index contributed by atoms with van der Waals surface area (Å²) in [6.07, 6.45) is 9.83. The summed E-state index contributed by atoms with van der Waals surface area (Å²) in [6.45, 7) is 4.11. The van der Waals surface area contributed by atoms with E-state index in [2.05, 4.69) is 34.1 Å². The molecule has 0 atom stereocenters. The van der Waals surface area contributed by atoms with Crippen LogP contribution in [0.2, 0.25) is 5.02 Å². The third-order valence-corrected chi connectivity index (χ3v) is 5.07. The summed E-state index contributed by atoms with van der Waals surface area (Å²) in [5, 5.41) is 4.06. The second-order valence-electron chi connectivity index (χ2n) is 7.42. The van der Waals surface area contributed by atoms with Gasteiger partial charge in [-0.1, -0.05) is 11.6 Å². The summed E-state index contributed by atoms with van der Waals surface area (Å²) in [7, 11) is 0. The van der Waals surface area contributed by atoms with E-state index in [0.29, 0.717) is 27.5 Å². The summed E-state index contributed by atoms with van der Waals surface area (Å²) >= 11 is 5.82. The molecule has 0 saturated heterocycles. The van der Waals surface area contributed by atoms with Crippen LogP contribution in [0.4, 0.5) is 5.69 Å². The minimum atomic E-state index is -0.262. The van der Waals surface area contributed by atoms with Crippen LogP contribution in [0.3, 0.4) is 0 Å². The number of fused-ring (bicyclic) bond motifs is 1. The summed E-state index contributed by atoms with van der Waals surface area (Å²) < 4.78 is 2.04. The fourth-order valence-electron chi connectivity index (χ4n) is 3.37. The van der Waals surface area contributed by atoms with Gasteiger partial charge in [0, 0.05) is 59.2 Å². The van der Waals surface area contributed by atoms with Crippen LogP contribution in [0.1, 0.15) is 41.5 Å². The molecule has 0 aliphatic heterocycles. The Morgan fingerprint density at radius 3 is 2.68 bits per heavy atom. The number of nitrogens with one attached hydrogen (secondary N) is 1. The maximum Gasteiger partial charge on any atom is 0.230 e. The molecule has 4 aromatic heterocycles. The van der Waals surface area contributed by atoms with E-state index in [1.165, 1.54) is 18.6 Å². The third kappa shape index (κ3) is 4.46. The van der Waals surface area contributed by atoms with Gasteiger partial charge in [-0.2, -0.15) is 0 Å². The lowest BCUT2D eigenvalue weighted by Gasteiger charge is -2.08. The van der Waals surface area contributed by atoms with Gasteiger partial charge in [-0.05, 0) is 38.1 Å². The molecule has 4 rings (SSSR count). The summed E-state index contributed by atoms with van der Waals surface area (Å²) in [5.41, 5.74) is 2.91. The molecule has 0 fully saturated rings. The minimum absolute atomic E-state index is 0.0862. The van der Waals surface area contributed by atoms with E-state index in [1.807, 2.05) is 16.8 Å². The van der Waals surface area contributed by atoms with Crippen LogP contribution in [0.15, 0.2) is 61.4 Å². The van der Waals surface area contributed by atoms with Crippen molar-refractivity contribution < 1.29 is 9.59 Å². The lowest BCUT2D eigenvalue weighted by Crippen LogP contribution is -2.15. The van der Waals surface area contributed by atoms with Gasteiger partial charge in [0.15, 0.2) is 5.78 Å². The molecule has 0 bridgehead atoms. The number of ketones is 1. The van der Waals surface area contributed by atoms with Gasteiger partial charge in [0.1, 0.15) is 0 Å². The Morgan fingerprint density at radius 2 is 1.94 bits per heavy atom. The van der Waals surface area contributed by atoms with Gasteiger partial charge in [-0.15, -0.1) is 0 Å². The number of aromatic nitrogens is 4. The number of anilines is 1. The van der Waals surface area contributed by atoms with Gasteiger partial charge in [0.25, 0.3) is 0 Å². The summed E-state index contributed by atoms with van der Waals surface area (Å²) in [6, 6.07) is 7.08. The molecule has 4 heterocycles. The average molecular weight is 434 g/mol. The third-order valence-electron chi connectivity index (χ3n) is 4.85.